The molecule has 0 amide bonds. The Bertz CT molecular complexity index is 547. The van der Waals surface area contributed by atoms with Gasteiger partial charge in [-0.05, 0) is 36.2 Å². The van der Waals surface area contributed by atoms with Crippen LogP contribution < -0.4 is 5.01 Å². The molecule has 0 bridgehead atoms. The van der Waals surface area contributed by atoms with E-state index in [4.69, 9.17) is 11.6 Å². The molecule has 0 radical (unpaired) electrons. The van der Waals surface area contributed by atoms with Crippen LogP contribution >= 0.6 is 11.6 Å². The summed E-state index contributed by atoms with van der Waals surface area (Å²) in [6, 6.07) is 17.9. The van der Waals surface area contributed by atoms with E-state index >= 15 is 0 Å². The molecule has 98 valence electrons. The fraction of sp³-hybridized carbons (Fsp3) is 0.188. The number of hydrogen-bond donors (Lipinski definition) is 0. The lowest BCUT2D eigenvalue weighted by atomic mass is 10.1. The number of anilines is 1. The van der Waals surface area contributed by atoms with Gasteiger partial charge < -0.3 is 0 Å². The van der Waals surface area contributed by atoms with Crippen LogP contribution in [0.4, 0.5) is 5.69 Å². The second kappa shape index (κ2) is 6.39. The van der Waals surface area contributed by atoms with Crippen LogP contribution in [0, 0.1) is 0 Å². The van der Waals surface area contributed by atoms with Gasteiger partial charge in [0.2, 0.25) is 0 Å². The van der Waals surface area contributed by atoms with Crippen molar-refractivity contribution < 1.29 is 0 Å². The summed E-state index contributed by atoms with van der Waals surface area (Å²) in [6.07, 6.45) is 0.874. The van der Waals surface area contributed by atoms with E-state index in [1.165, 1.54) is 0 Å². The third kappa shape index (κ3) is 3.58. The lowest BCUT2D eigenvalue weighted by Gasteiger charge is -2.15. The van der Waals surface area contributed by atoms with Gasteiger partial charge in [-0.3, -0.25) is 5.01 Å². The molecule has 0 atom stereocenters. The Labute approximate surface area is 119 Å². The first kappa shape index (κ1) is 13.6. The minimum atomic E-state index is 0.746. The first-order valence-electron chi connectivity index (χ1n) is 6.33. The predicted octanol–water partition coefficient (Wildman–Crippen LogP) is 4.59. The van der Waals surface area contributed by atoms with Crippen molar-refractivity contribution in [3.63, 3.8) is 0 Å². The maximum absolute atomic E-state index is 5.91. The van der Waals surface area contributed by atoms with Gasteiger partial charge in [0.1, 0.15) is 0 Å². The number of rotatable bonds is 4. The van der Waals surface area contributed by atoms with Gasteiger partial charge >= 0.3 is 0 Å². The maximum atomic E-state index is 5.91. The average molecular weight is 273 g/mol. The molecule has 2 aromatic carbocycles. The van der Waals surface area contributed by atoms with Crippen molar-refractivity contribution >= 4 is 23.0 Å². The monoisotopic (exact) mass is 272 g/mol. The van der Waals surface area contributed by atoms with Gasteiger partial charge in [-0.1, -0.05) is 48.9 Å². The maximum Gasteiger partial charge on any atom is 0.0679 e. The van der Waals surface area contributed by atoms with E-state index in [2.05, 4.69) is 12.0 Å². The minimum Gasteiger partial charge on any atom is -0.268 e. The zero-order valence-corrected chi connectivity index (χ0v) is 11.9. The minimum absolute atomic E-state index is 0.746. The molecule has 0 aliphatic carbocycles. The molecule has 0 saturated heterocycles. The van der Waals surface area contributed by atoms with Gasteiger partial charge in [0.15, 0.2) is 0 Å². The van der Waals surface area contributed by atoms with E-state index in [0.717, 1.165) is 28.4 Å². The summed E-state index contributed by atoms with van der Waals surface area (Å²) in [5, 5.41) is 7.31. The Hall–Kier alpha value is -1.80. The quantitative estimate of drug-likeness (QED) is 0.587. The predicted molar refractivity (Wildman–Crippen MR) is 83.1 cm³/mol. The fourth-order valence-electron chi connectivity index (χ4n) is 1.86. The van der Waals surface area contributed by atoms with Crippen LogP contribution in [-0.4, -0.2) is 12.8 Å². The van der Waals surface area contributed by atoms with Gasteiger partial charge in [0.25, 0.3) is 0 Å². The van der Waals surface area contributed by atoms with Crippen molar-refractivity contribution in [2.24, 2.45) is 5.10 Å². The second-order valence-electron chi connectivity index (χ2n) is 4.27. The van der Waals surface area contributed by atoms with Crippen molar-refractivity contribution in [1.82, 2.24) is 0 Å². The molecule has 19 heavy (non-hydrogen) atoms. The Morgan fingerprint density at radius 2 is 1.68 bits per heavy atom. The topological polar surface area (TPSA) is 15.6 Å². The van der Waals surface area contributed by atoms with Crippen LogP contribution in [0.2, 0.25) is 5.02 Å². The first-order chi connectivity index (χ1) is 9.20. The molecule has 0 saturated carbocycles. The lowest BCUT2D eigenvalue weighted by Crippen LogP contribution is -2.13. The van der Waals surface area contributed by atoms with Crippen molar-refractivity contribution in [2.45, 2.75) is 13.3 Å². The number of para-hydroxylation sites is 1. The molecular formula is C16H17ClN2. The Balaban J connectivity index is 2.26. The van der Waals surface area contributed by atoms with Crippen LogP contribution in [-0.2, 0) is 0 Å². The summed E-state index contributed by atoms with van der Waals surface area (Å²) in [5.74, 6) is 0. The largest absolute Gasteiger partial charge is 0.268 e. The highest BCUT2D eigenvalue weighted by atomic mass is 35.5. The highest BCUT2D eigenvalue weighted by molar-refractivity contribution is 6.30. The van der Waals surface area contributed by atoms with Crippen LogP contribution in [0.3, 0.4) is 0 Å². The number of halogens is 1. The van der Waals surface area contributed by atoms with Gasteiger partial charge in [0, 0.05) is 12.1 Å². The van der Waals surface area contributed by atoms with Crippen molar-refractivity contribution in [2.75, 3.05) is 12.1 Å². The summed E-state index contributed by atoms with van der Waals surface area (Å²) < 4.78 is 0. The van der Waals surface area contributed by atoms with Crippen LogP contribution in [0.1, 0.15) is 18.9 Å². The Morgan fingerprint density at radius 3 is 2.26 bits per heavy atom. The molecule has 0 aliphatic rings. The molecule has 0 heterocycles. The number of hydrogen-bond acceptors (Lipinski definition) is 2. The van der Waals surface area contributed by atoms with Gasteiger partial charge in [0.05, 0.1) is 11.4 Å². The summed E-state index contributed by atoms with van der Waals surface area (Å²) in [6.45, 7) is 2.10. The lowest BCUT2D eigenvalue weighted by molar-refractivity contribution is 1.00. The molecule has 2 nitrogen and oxygen atoms in total. The van der Waals surface area contributed by atoms with Gasteiger partial charge in [-0.15, -0.1) is 0 Å². The SMILES string of the molecule is CCC(=NN(C)c1ccccc1)c1ccc(Cl)cc1. The summed E-state index contributed by atoms with van der Waals surface area (Å²) in [5.41, 5.74) is 3.22. The molecule has 0 aliphatic heterocycles. The van der Waals surface area contributed by atoms with Crippen LogP contribution in [0.25, 0.3) is 0 Å². The number of benzene rings is 2. The molecule has 3 heteroatoms. The molecule has 0 N–H and O–H groups in total. The zero-order chi connectivity index (χ0) is 13.7. The van der Waals surface area contributed by atoms with Crippen molar-refractivity contribution in [1.29, 1.82) is 0 Å². The Morgan fingerprint density at radius 1 is 1.05 bits per heavy atom. The third-order valence-corrected chi connectivity index (χ3v) is 3.16. The molecule has 0 unspecified atom stereocenters. The van der Waals surface area contributed by atoms with E-state index in [-0.39, 0.29) is 0 Å². The van der Waals surface area contributed by atoms with Crippen LogP contribution in [0.15, 0.2) is 59.7 Å². The normalized spacial score (nSPS) is 11.4. The average Bonchev–Trinajstić information content (AvgIpc) is 2.46. The van der Waals surface area contributed by atoms with Gasteiger partial charge in [-0.25, -0.2) is 0 Å². The van der Waals surface area contributed by atoms with Crippen LogP contribution in [0.5, 0.6) is 0 Å². The third-order valence-electron chi connectivity index (χ3n) is 2.91. The van der Waals surface area contributed by atoms with Crippen molar-refractivity contribution in [3.05, 3.63) is 65.2 Å². The van der Waals surface area contributed by atoms with E-state index in [9.17, 15) is 0 Å². The standard InChI is InChI=1S/C16H17ClN2/c1-3-16(13-9-11-14(17)12-10-13)18-19(2)15-7-5-4-6-8-15/h4-12H,3H2,1-2H3. The summed E-state index contributed by atoms with van der Waals surface area (Å²) in [7, 11) is 1.96. The van der Waals surface area contributed by atoms with Crippen molar-refractivity contribution in [3.8, 4) is 0 Å². The van der Waals surface area contributed by atoms with E-state index in [0.29, 0.717) is 0 Å². The number of nitrogens with zero attached hydrogens (tertiary/aromatic N) is 2. The highest BCUT2D eigenvalue weighted by Gasteiger charge is 2.04. The molecule has 2 aromatic rings. The van der Waals surface area contributed by atoms with E-state index in [1.54, 1.807) is 0 Å². The second-order valence-corrected chi connectivity index (χ2v) is 4.70. The zero-order valence-electron chi connectivity index (χ0n) is 11.2. The first-order valence-corrected chi connectivity index (χ1v) is 6.70. The van der Waals surface area contributed by atoms with Gasteiger partial charge in [-0.2, -0.15) is 5.10 Å². The molecular weight excluding hydrogens is 256 g/mol. The molecule has 0 aromatic heterocycles. The highest BCUT2D eigenvalue weighted by Crippen LogP contribution is 2.15. The molecule has 2 rings (SSSR count). The fourth-order valence-corrected chi connectivity index (χ4v) is 1.98. The summed E-state index contributed by atoms with van der Waals surface area (Å²) in [4.78, 5) is 0. The smallest absolute Gasteiger partial charge is 0.0679 e. The van der Waals surface area contributed by atoms with E-state index < -0.39 is 0 Å². The molecule has 0 fully saturated rings. The Kier molecular flexibility index (Phi) is 4.58. The summed E-state index contributed by atoms with van der Waals surface area (Å²) >= 11 is 5.91. The van der Waals surface area contributed by atoms with E-state index in [1.807, 2.05) is 66.7 Å². The number of hydrazone groups is 1. The molecule has 0 spiro atoms.